The monoisotopic (exact) mass is 262 g/mol. The van der Waals surface area contributed by atoms with E-state index in [9.17, 15) is 9.59 Å². The van der Waals surface area contributed by atoms with Crippen molar-refractivity contribution < 1.29 is 9.59 Å². The fraction of sp³-hybridized carbons (Fsp3) is 0.462. The normalized spacial score (nSPS) is 19.2. The Morgan fingerprint density at radius 2 is 2.42 bits per heavy atom. The second-order valence-corrected chi connectivity index (χ2v) is 4.45. The van der Waals surface area contributed by atoms with Crippen LogP contribution in [0.25, 0.3) is 0 Å². The molecule has 1 fully saturated rings. The highest BCUT2D eigenvalue weighted by Gasteiger charge is 2.32. The molecule has 1 unspecified atom stereocenters. The molecule has 0 saturated carbocycles. The Labute approximate surface area is 112 Å². The third-order valence-corrected chi connectivity index (χ3v) is 3.25. The maximum absolute atomic E-state index is 12.5. The molecule has 1 aliphatic heterocycles. The Balaban J connectivity index is 2.24. The zero-order valence-corrected chi connectivity index (χ0v) is 10.9. The summed E-state index contributed by atoms with van der Waals surface area (Å²) in [5.41, 5.74) is 6.72. The number of aromatic nitrogens is 1. The molecule has 6 nitrogen and oxygen atoms in total. The van der Waals surface area contributed by atoms with Crippen LogP contribution < -0.4 is 11.1 Å². The highest BCUT2D eigenvalue weighted by Crippen LogP contribution is 2.14. The number of carbonyl (C=O) groups is 2. The molecule has 1 aromatic heterocycles. The van der Waals surface area contributed by atoms with E-state index in [1.165, 1.54) is 0 Å². The zero-order chi connectivity index (χ0) is 13.8. The Morgan fingerprint density at radius 3 is 3.11 bits per heavy atom. The lowest BCUT2D eigenvalue weighted by Gasteiger charge is -2.34. The van der Waals surface area contributed by atoms with Gasteiger partial charge in [0.2, 0.25) is 5.91 Å². The van der Waals surface area contributed by atoms with Crippen LogP contribution in [0.2, 0.25) is 0 Å². The van der Waals surface area contributed by atoms with Crippen LogP contribution in [0, 0.1) is 0 Å². The number of rotatable bonds is 3. The van der Waals surface area contributed by atoms with Crippen molar-refractivity contribution in [3.63, 3.8) is 0 Å². The van der Waals surface area contributed by atoms with Crippen LogP contribution in [-0.2, 0) is 11.3 Å². The van der Waals surface area contributed by atoms with Crippen molar-refractivity contribution in [1.29, 1.82) is 0 Å². The number of piperazine rings is 1. The van der Waals surface area contributed by atoms with Gasteiger partial charge in [-0.25, -0.2) is 0 Å². The van der Waals surface area contributed by atoms with Gasteiger partial charge in [-0.2, -0.15) is 0 Å². The van der Waals surface area contributed by atoms with E-state index in [2.05, 4.69) is 10.3 Å². The van der Waals surface area contributed by atoms with Crippen LogP contribution >= 0.6 is 0 Å². The van der Waals surface area contributed by atoms with E-state index in [4.69, 9.17) is 5.73 Å². The summed E-state index contributed by atoms with van der Waals surface area (Å²) >= 11 is 0. The minimum absolute atomic E-state index is 0.0878. The second kappa shape index (κ2) is 5.79. The van der Waals surface area contributed by atoms with E-state index >= 15 is 0 Å². The number of nitrogens with zero attached hydrogens (tertiary/aromatic N) is 2. The molecule has 0 radical (unpaired) electrons. The van der Waals surface area contributed by atoms with Crippen LogP contribution in [0.3, 0.4) is 0 Å². The van der Waals surface area contributed by atoms with Crippen LogP contribution in [0.15, 0.2) is 18.3 Å². The summed E-state index contributed by atoms with van der Waals surface area (Å²) in [6.07, 6.45) is 2.17. The van der Waals surface area contributed by atoms with Gasteiger partial charge in [0, 0.05) is 31.4 Å². The molecule has 3 N–H and O–H groups in total. The second-order valence-electron chi connectivity index (χ2n) is 4.45. The summed E-state index contributed by atoms with van der Waals surface area (Å²) in [6.45, 7) is 3.21. The average molecular weight is 262 g/mol. The lowest BCUT2D eigenvalue weighted by molar-refractivity contribution is -0.127. The summed E-state index contributed by atoms with van der Waals surface area (Å²) in [4.78, 5) is 29.9. The number of carbonyl (C=O) groups excluding carboxylic acids is 2. The van der Waals surface area contributed by atoms with Crippen LogP contribution in [0.5, 0.6) is 0 Å². The minimum Gasteiger partial charge on any atom is -0.353 e. The van der Waals surface area contributed by atoms with E-state index < -0.39 is 6.04 Å². The summed E-state index contributed by atoms with van der Waals surface area (Å²) in [7, 11) is 0. The molecular weight excluding hydrogens is 244 g/mol. The number of amides is 2. The van der Waals surface area contributed by atoms with Crippen LogP contribution in [-0.4, -0.2) is 40.8 Å². The van der Waals surface area contributed by atoms with Gasteiger partial charge in [0.05, 0.1) is 5.69 Å². The first-order valence-electron chi connectivity index (χ1n) is 6.41. The topological polar surface area (TPSA) is 88.3 Å². The molecule has 0 spiro atoms. The van der Waals surface area contributed by atoms with Crippen molar-refractivity contribution in [3.8, 4) is 0 Å². The molecule has 19 heavy (non-hydrogen) atoms. The fourth-order valence-corrected chi connectivity index (χ4v) is 2.25. The van der Waals surface area contributed by atoms with Gasteiger partial charge in [-0.3, -0.25) is 14.6 Å². The third kappa shape index (κ3) is 2.73. The predicted molar refractivity (Wildman–Crippen MR) is 70.3 cm³/mol. The van der Waals surface area contributed by atoms with Gasteiger partial charge in [0.1, 0.15) is 6.04 Å². The van der Waals surface area contributed by atoms with Crippen LogP contribution in [0.1, 0.15) is 29.4 Å². The molecule has 0 bridgehead atoms. The standard InChI is InChI=1S/C13H18N4O2/c1-2-11-12(18)16-5-6-17(11)13(19)9-3-4-15-10(7-9)8-14/h3-4,7,11H,2,5-6,8,14H2,1H3,(H,16,18). The third-order valence-electron chi connectivity index (χ3n) is 3.25. The van der Waals surface area contributed by atoms with Crippen molar-refractivity contribution in [2.24, 2.45) is 5.73 Å². The maximum Gasteiger partial charge on any atom is 0.254 e. The molecule has 1 atom stereocenters. The molecule has 6 heteroatoms. The molecule has 1 aromatic rings. The summed E-state index contributed by atoms with van der Waals surface area (Å²) < 4.78 is 0. The summed E-state index contributed by atoms with van der Waals surface area (Å²) in [5, 5.41) is 2.78. The van der Waals surface area contributed by atoms with Gasteiger partial charge < -0.3 is 16.0 Å². The number of nitrogens with one attached hydrogen (secondary N) is 1. The van der Waals surface area contributed by atoms with Gasteiger partial charge in [-0.1, -0.05) is 6.92 Å². The number of pyridine rings is 1. The zero-order valence-electron chi connectivity index (χ0n) is 10.9. The van der Waals surface area contributed by atoms with Gasteiger partial charge >= 0.3 is 0 Å². The van der Waals surface area contributed by atoms with Crippen molar-refractivity contribution >= 4 is 11.8 Å². The van der Waals surface area contributed by atoms with E-state index in [1.807, 2.05) is 6.92 Å². The number of nitrogens with two attached hydrogens (primary N) is 1. The molecule has 1 saturated heterocycles. The Bertz CT molecular complexity index is 489. The summed E-state index contributed by atoms with van der Waals surface area (Å²) in [5.74, 6) is -0.228. The van der Waals surface area contributed by atoms with Gasteiger partial charge in [0.25, 0.3) is 5.91 Å². The minimum atomic E-state index is -0.393. The predicted octanol–water partition coefficient (Wildman–Crippen LogP) is -0.109. The molecule has 0 aromatic carbocycles. The average Bonchev–Trinajstić information content (AvgIpc) is 2.46. The first kappa shape index (κ1) is 13.5. The Morgan fingerprint density at radius 1 is 1.63 bits per heavy atom. The molecule has 2 heterocycles. The highest BCUT2D eigenvalue weighted by molar-refractivity contribution is 5.98. The van der Waals surface area contributed by atoms with E-state index in [1.54, 1.807) is 23.2 Å². The van der Waals surface area contributed by atoms with Crippen molar-refractivity contribution in [1.82, 2.24) is 15.2 Å². The lowest BCUT2D eigenvalue weighted by Crippen LogP contribution is -2.56. The summed E-state index contributed by atoms with van der Waals surface area (Å²) in [6, 6.07) is 2.94. The first-order valence-corrected chi connectivity index (χ1v) is 6.41. The molecule has 2 amide bonds. The first-order chi connectivity index (χ1) is 9.17. The van der Waals surface area contributed by atoms with Crippen molar-refractivity contribution in [2.45, 2.75) is 25.9 Å². The number of hydrogen-bond acceptors (Lipinski definition) is 4. The highest BCUT2D eigenvalue weighted by atomic mass is 16.2. The lowest BCUT2D eigenvalue weighted by atomic mass is 10.1. The smallest absolute Gasteiger partial charge is 0.254 e. The van der Waals surface area contributed by atoms with Crippen molar-refractivity contribution in [3.05, 3.63) is 29.6 Å². The Hall–Kier alpha value is -1.95. The van der Waals surface area contributed by atoms with Gasteiger partial charge in [0.15, 0.2) is 0 Å². The molecule has 1 aliphatic rings. The maximum atomic E-state index is 12.5. The van der Waals surface area contributed by atoms with Gasteiger partial charge in [-0.15, -0.1) is 0 Å². The van der Waals surface area contributed by atoms with E-state index in [-0.39, 0.29) is 11.8 Å². The molecule has 102 valence electrons. The Kier molecular flexibility index (Phi) is 4.11. The van der Waals surface area contributed by atoms with Crippen molar-refractivity contribution in [2.75, 3.05) is 13.1 Å². The molecule has 2 rings (SSSR count). The largest absolute Gasteiger partial charge is 0.353 e. The van der Waals surface area contributed by atoms with E-state index in [0.29, 0.717) is 37.3 Å². The fourth-order valence-electron chi connectivity index (χ4n) is 2.25. The molecule has 0 aliphatic carbocycles. The quantitative estimate of drug-likeness (QED) is 0.795. The van der Waals surface area contributed by atoms with Crippen LogP contribution in [0.4, 0.5) is 0 Å². The van der Waals surface area contributed by atoms with Gasteiger partial charge in [-0.05, 0) is 18.6 Å². The SMILES string of the molecule is CCC1C(=O)NCCN1C(=O)c1ccnc(CN)c1. The molecular formula is C13H18N4O2. The van der Waals surface area contributed by atoms with E-state index in [0.717, 1.165) is 0 Å². The number of hydrogen-bond donors (Lipinski definition) is 2.